The van der Waals surface area contributed by atoms with Crippen molar-refractivity contribution in [3.05, 3.63) is 74.9 Å². The molecule has 0 bridgehead atoms. The van der Waals surface area contributed by atoms with Crippen LogP contribution in [-0.4, -0.2) is 11.7 Å². The maximum Gasteiger partial charge on any atom is 0.232 e. The molecule has 3 nitrogen and oxygen atoms in total. The third kappa shape index (κ3) is 3.23. The van der Waals surface area contributed by atoms with Crippen molar-refractivity contribution in [2.45, 2.75) is 31.6 Å². The molecule has 1 aliphatic carbocycles. The van der Waals surface area contributed by atoms with Crippen LogP contribution in [0.3, 0.4) is 0 Å². The van der Waals surface area contributed by atoms with E-state index in [4.69, 9.17) is 23.2 Å². The molecule has 2 aromatic rings. The van der Waals surface area contributed by atoms with Crippen molar-refractivity contribution >= 4 is 40.6 Å². The van der Waals surface area contributed by atoms with Crippen LogP contribution in [0.25, 0.3) is 0 Å². The van der Waals surface area contributed by atoms with Gasteiger partial charge in [0, 0.05) is 46.1 Å². The highest BCUT2D eigenvalue weighted by atomic mass is 35.5. The largest absolute Gasteiger partial charge is 0.294 e. The van der Waals surface area contributed by atoms with Gasteiger partial charge in [-0.25, -0.2) is 8.78 Å². The molecule has 1 amide bonds. The lowest BCUT2D eigenvalue weighted by atomic mass is 9.77. The number of allylic oxidation sites excluding steroid dienone is 2. The van der Waals surface area contributed by atoms with E-state index in [1.165, 1.54) is 11.0 Å². The maximum absolute atomic E-state index is 14.4. The van der Waals surface area contributed by atoms with E-state index < -0.39 is 17.6 Å². The molecule has 0 saturated heterocycles. The second-order valence-corrected chi connectivity index (χ2v) is 7.73. The van der Waals surface area contributed by atoms with Crippen molar-refractivity contribution in [2.24, 2.45) is 0 Å². The van der Waals surface area contributed by atoms with Crippen LogP contribution in [0, 0.1) is 11.6 Å². The van der Waals surface area contributed by atoms with Crippen LogP contribution < -0.4 is 4.90 Å². The standard InChI is InChI=1S/C21H15Cl2F2NO2/c22-11-4-6-13(15(23)8-11)14-10-20(28)26(17-7-5-12(24)9-16(17)25)18-2-1-3-19(27)21(14)18/h4-9,14H,1-3,10H2. The van der Waals surface area contributed by atoms with Crippen molar-refractivity contribution in [3.63, 3.8) is 0 Å². The summed E-state index contributed by atoms with van der Waals surface area (Å²) in [5.41, 5.74) is 1.53. The number of amides is 1. The van der Waals surface area contributed by atoms with Crippen molar-refractivity contribution in [3.8, 4) is 0 Å². The first-order valence-electron chi connectivity index (χ1n) is 8.86. The lowest BCUT2D eigenvalue weighted by molar-refractivity contribution is -0.120. The predicted molar refractivity (Wildman–Crippen MR) is 104 cm³/mol. The van der Waals surface area contributed by atoms with Crippen LogP contribution in [-0.2, 0) is 9.59 Å². The molecule has 0 aromatic heterocycles. The van der Waals surface area contributed by atoms with Crippen molar-refractivity contribution < 1.29 is 18.4 Å². The Hall–Kier alpha value is -2.24. The van der Waals surface area contributed by atoms with Crippen molar-refractivity contribution in [2.75, 3.05) is 4.90 Å². The summed E-state index contributed by atoms with van der Waals surface area (Å²) in [5.74, 6) is -2.54. The number of carbonyl (C=O) groups excluding carboxylic acids is 2. The fourth-order valence-electron chi connectivity index (χ4n) is 3.98. The predicted octanol–water partition coefficient (Wildman–Crippen LogP) is 5.80. The average molecular weight is 422 g/mol. The van der Waals surface area contributed by atoms with Gasteiger partial charge in [0.25, 0.3) is 0 Å². The second kappa shape index (κ2) is 7.30. The lowest BCUT2D eigenvalue weighted by Crippen LogP contribution is -2.41. The monoisotopic (exact) mass is 421 g/mol. The number of halogens is 4. The summed E-state index contributed by atoms with van der Waals surface area (Å²) in [6.07, 6.45) is 1.33. The summed E-state index contributed by atoms with van der Waals surface area (Å²) in [5, 5.41) is 0.826. The van der Waals surface area contributed by atoms with E-state index in [1.807, 2.05) is 0 Å². The lowest BCUT2D eigenvalue weighted by Gasteiger charge is -2.38. The molecule has 28 heavy (non-hydrogen) atoms. The molecule has 1 atom stereocenters. The highest BCUT2D eigenvalue weighted by molar-refractivity contribution is 6.35. The van der Waals surface area contributed by atoms with Crippen LogP contribution in [0.15, 0.2) is 47.7 Å². The molecule has 0 fully saturated rings. The molecular formula is C21H15Cl2F2NO2. The minimum absolute atomic E-state index is 0.0389. The molecule has 0 saturated carbocycles. The van der Waals surface area contributed by atoms with Crippen molar-refractivity contribution in [1.82, 2.24) is 0 Å². The molecule has 2 aromatic carbocycles. The van der Waals surface area contributed by atoms with E-state index >= 15 is 0 Å². The van der Waals surface area contributed by atoms with Gasteiger partial charge in [-0.15, -0.1) is 0 Å². The quantitative estimate of drug-likeness (QED) is 0.614. The first-order chi connectivity index (χ1) is 13.4. The van der Waals surface area contributed by atoms with E-state index in [0.29, 0.717) is 46.1 Å². The first-order valence-corrected chi connectivity index (χ1v) is 9.61. The minimum Gasteiger partial charge on any atom is -0.294 e. The highest BCUT2D eigenvalue weighted by Gasteiger charge is 2.41. The van der Waals surface area contributed by atoms with Gasteiger partial charge in [-0.05, 0) is 42.7 Å². The number of anilines is 1. The van der Waals surface area contributed by atoms with Gasteiger partial charge >= 0.3 is 0 Å². The first kappa shape index (κ1) is 19.1. The molecule has 0 radical (unpaired) electrons. The summed E-state index contributed by atoms with van der Waals surface area (Å²) in [6.45, 7) is 0. The number of carbonyl (C=O) groups is 2. The van der Waals surface area contributed by atoms with Gasteiger partial charge < -0.3 is 0 Å². The molecule has 0 N–H and O–H groups in total. The van der Waals surface area contributed by atoms with Crippen LogP contribution >= 0.6 is 23.2 Å². The number of ketones is 1. The fraction of sp³-hybridized carbons (Fsp3) is 0.238. The number of nitrogens with zero attached hydrogens (tertiary/aromatic N) is 1. The minimum atomic E-state index is -0.846. The molecule has 1 unspecified atom stereocenters. The van der Waals surface area contributed by atoms with Crippen LogP contribution in [0.5, 0.6) is 0 Å². The van der Waals surface area contributed by atoms with Crippen LogP contribution in [0.1, 0.15) is 37.2 Å². The maximum atomic E-state index is 14.4. The van der Waals surface area contributed by atoms with Crippen LogP contribution in [0.2, 0.25) is 10.0 Å². The van der Waals surface area contributed by atoms with Gasteiger partial charge in [0.05, 0.1) is 5.69 Å². The van der Waals surface area contributed by atoms with E-state index in [1.54, 1.807) is 18.2 Å². The van der Waals surface area contributed by atoms with E-state index in [9.17, 15) is 18.4 Å². The summed E-state index contributed by atoms with van der Waals surface area (Å²) < 4.78 is 27.7. The van der Waals surface area contributed by atoms with Crippen LogP contribution in [0.4, 0.5) is 14.5 Å². The molecule has 7 heteroatoms. The summed E-state index contributed by atoms with van der Waals surface area (Å²) in [6, 6.07) is 7.99. The smallest absolute Gasteiger partial charge is 0.232 e. The molecule has 144 valence electrons. The van der Waals surface area contributed by atoms with Gasteiger partial charge in [-0.1, -0.05) is 29.3 Å². The van der Waals surface area contributed by atoms with Gasteiger partial charge in [0.15, 0.2) is 5.78 Å². The van der Waals surface area contributed by atoms with Gasteiger partial charge in [0.2, 0.25) is 5.91 Å². The average Bonchev–Trinajstić information content (AvgIpc) is 2.62. The SMILES string of the molecule is O=C1CCCC2=C1C(c1ccc(Cl)cc1Cl)CC(=O)N2c1ccc(F)cc1F. The van der Waals surface area contributed by atoms with E-state index in [-0.39, 0.29) is 23.8 Å². The summed E-state index contributed by atoms with van der Waals surface area (Å²) >= 11 is 12.3. The fourth-order valence-corrected chi connectivity index (χ4v) is 4.52. The second-order valence-electron chi connectivity index (χ2n) is 6.88. The van der Waals surface area contributed by atoms with Crippen molar-refractivity contribution in [1.29, 1.82) is 0 Å². The number of hydrogen-bond acceptors (Lipinski definition) is 2. The zero-order chi connectivity index (χ0) is 20.0. The number of hydrogen-bond donors (Lipinski definition) is 0. The summed E-state index contributed by atoms with van der Waals surface area (Å²) in [7, 11) is 0. The number of benzene rings is 2. The van der Waals surface area contributed by atoms with E-state index in [0.717, 1.165) is 12.1 Å². The molecule has 1 aliphatic heterocycles. The Labute approximate surface area is 170 Å². The normalized spacial score (nSPS) is 19.9. The van der Waals surface area contributed by atoms with Gasteiger partial charge in [-0.2, -0.15) is 0 Å². The Bertz CT molecular complexity index is 1040. The number of rotatable bonds is 2. The molecule has 4 rings (SSSR count). The van der Waals surface area contributed by atoms with Gasteiger partial charge in [-0.3, -0.25) is 14.5 Å². The molecular weight excluding hydrogens is 407 g/mol. The number of Topliss-reactive ketones (excluding diaryl/α,β-unsaturated/α-hetero) is 1. The molecule has 2 aliphatic rings. The third-order valence-corrected chi connectivity index (χ3v) is 5.73. The molecule has 0 spiro atoms. The zero-order valence-corrected chi connectivity index (χ0v) is 16.2. The Morgan fingerprint density at radius 1 is 1.00 bits per heavy atom. The summed E-state index contributed by atoms with van der Waals surface area (Å²) in [4.78, 5) is 27.0. The topological polar surface area (TPSA) is 37.4 Å². The van der Waals surface area contributed by atoms with E-state index in [2.05, 4.69) is 0 Å². The zero-order valence-electron chi connectivity index (χ0n) is 14.6. The molecule has 1 heterocycles. The highest BCUT2D eigenvalue weighted by Crippen LogP contribution is 2.45. The van der Waals surface area contributed by atoms with Gasteiger partial charge in [0.1, 0.15) is 11.6 Å². The Balaban J connectivity index is 1.89. The Kier molecular flexibility index (Phi) is 4.98. The third-order valence-electron chi connectivity index (χ3n) is 5.16. The Morgan fingerprint density at radius 3 is 2.50 bits per heavy atom. The Morgan fingerprint density at radius 2 is 1.79 bits per heavy atom.